The van der Waals surface area contributed by atoms with Gasteiger partial charge in [-0.3, -0.25) is 4.79 Å². The van der Waals surface area contributed by atoms with E-state index in [2.05, 4.69) is 5.32 Å². The Balaban J connectivity index is 2.61. The Labute approximate surface area is 123 Å². The molecule has 1 aromatic rings. The molecule has 1 amide bonds. The highest BCUT2D eigenvalue weighted by Gasteiger charge is 2.17. The van der Waals surface area contributed by atoms with Crippen molar-refractivity contribution in [3.8, 4) is 0 Å². The van der Waals surface area contributed by atoms with Crippen molar-refractivity contribution in [3.63, 3.8) is 0 Å². The van der Waals surface area contributed by atoms with Gasteiger partial charge >= 0.3 is 5.97 Å². The second kappa shape index (κ2) is 8.43. The van der Waals surface area contributed by atoms with Crippen molar-refractivity contribution < 1.29 is 14.7 Å². The fraction of sp³-hybridized carbons (Fsp3) is 0.333. The van der Waals surface area contributed by atoms with Crippen LogP contribution in [0.1, 0.15) is 17.5 Å². The third-order valence-corrected chi connectivity index (χ3v) is 3.47. The smallest absolute Gasteiger partial charge is 0.326 e. The molecule has 0 aliphatic carbocycles. The number of aryl methyl sites for hydroxylation is 1. The molecule has 2 N–H and O–H groups in total. The van der Waals surface area contributed by atoms with E-state index in [9.17, 15) is 9.59 Å². The second-order valence-corrected chi connectivity index (χ2v) is 5.36. The summed E-state index contributed by atoms with van der Waals surface area (Å²) in [6.07, 6.45) is 5.38. The van der Waals surface area contributed by atoms with Gasteiger partial charge in [-0.1, -0.05) is 24.3 Å². The van der Waals surface area contributed by atoms with E-state index in [0.717, 1.165) is 11.1 Å². The third kappa shape index (κ3) is 5.48. The zero-order valence-corrected chi connectivity index (χ0v) is 12.4. The normalized spacial score (nSPS) is 12.3. The van der Waals surface area contributed by atoms with Crippen LogP contribution in [0.4, 0.5) is 0 Å². The van der Waals surface area contributed by atoms with Crippen LogP contribution in [0, 0.1) is 6.92 Å². The summed E-state index contributed by atoms with van der Waals surface area (Å²) >= 11 is 1.55. The number of aliphatic carboxylic acids is 1. The van der Waals surface area contributed by atoms with E-state index in [1.54, 1.807) is 17.8 Å². The van der Waals surface area contributed by atoms with Crippen molar-refractivity contribution in [1.82, 2.24) is 5.32 Å². The molecule has 108 valence electrons. The quantitative estimate of drug-likeness (QED) is 0.757. The molecule has 5 heteroatoms. The number of hydrogen-bond acceptors (Lipinski definition) is 3. The average Bonchev–Trinajstić information content (AvgIpc) is 2.42. The number of amides is 1. The molecular formula is C15H19NO3S. The highest BCUT2D eigenvalue weighted by molar-refractivity contribution is 7.98. The molecule has 1 unspecified atom stereocenters. The SMILES string of the molecule is CSCCC(NC(=O)/C=C/c1ccccc1C)C(=O)O. The molecular weight excluding hydrogens is 274 g/mol. The predicted octanol–water partition coefficient (Wildman–Crippen LogP) is 2.33. The number of thioether (sulfide) groups is 1. The highest BCUT2D eigenvalue weighted by Crippen LogP contribution is 2.08. The monoisotopic (exact) mass is 293 g/mol. The van der Waals surface area contributed by atoms with E-state index in [1.165, 1.54) is 6.08 Å². The van der Waals surface area contributed by atoms with Gasteiger partial charge in [0.15, 0.2) is 0 Å². The first-order valence-corrected chi connectivity index (χ1v) is 7.70. The Hall–Kier alpha value is -1.75. The number of carbonyl (C=O) groups excluding carboxylic acids is 1. The molecule has 0 spiro atoms. The summed E-state index contributed by atoms with van der Waals surface area (Å²) in [5.74, 6) is -0.697. The summed E-state index contributed by atoms with van der Waals surface area (Å²) in [4.78, 5) is 22.8. The van der Waals surface area contributed by atoms with E-state index < -0.39 is 12.0 Å². The molecule has 0 saturated heterocycles. The first-order valence-electron chi connectivity index (χ1n) is 6.30. The van der Waals surface area contributed by atoms with Gasteiger partial charge in [0.05, 0.1) is 0 Å². The second-order valence-electron chi connectivity index (χ2n) is 4.37. The summed E-state index contributed by atoms with van der Waals surface area (Å²) in [6, 6.07) is 6.84. The lowest BCUT2D eigenvalue weighted by Gasteiger charge is -2.12. The van der Waals surface area contributed by atoms with Gasteiger partial charge in [-0.05, 0) is 42.6 Å². The van der Waals surface area contributed by atoms with Crippen molar-refractivity contribution in [1.29, 1.82) is 0 Å². The molecule has 1 rings (SSSR count). The number of carbonyl (C=O) groups is 2. The number of hydrogen-bond donors (Lipinski definition) is 2. The summed E-state index contributed by atoms with van der Waals surface area (Å²) in [5, 5.41) is 11.5. The van der Waals surface area contributed by atoms with Gasteiger partial charge in [0.25, 0.3) is 0 Å². The Kier molecular flexibility index (Phi) is 6.87. The summed E-state index contributed by atoms with van der Waals surface area (Å²) in [5.41, 5.74) is 2.01. The fourth-order valence-corrected chi connectivity index (χ4v) is 2.12. The van der Waals surface area contributed by atoms with E-state index in [0.29, 0.717) is 12.2 Å². The van der Waals surface area contributed by atoms with Crippen LogP contribution in [0.3, 0.4) is 0 Å². The Morgan fingerprint density at radius 1 is 1.40 bits per heavy atom. The lowest BCUT2D eigenvalue weighted by Crippen LogP contribution is -2.40. The van der Waals surface area contributed by atoms with Crippen LogP contribution in [0.5, 0.6) is 0 Å². The topological polar surface area (TPSA) is 66.4 Å². The molecule has 0 aliphatic heterocycles. The summed E-state index contributed by atoms with van der Waals surface area (Å²) in [6.45, 7) is 1.95. The van der Waals surface area contributed by atoms with E-state index in [1.807, 2.05) is 37.4 Å². The molecule has 0 radical (unpaired) electrons. The molecule has 1 aromatic carbocycles. The average molecular weight is 293 g/mol. The predicted molar refractivity (Wildman–Crippen MR) is 82.8 cm³/mol. The molecule has 0 fully saturated rings. The first-order chi connectivity index (χ1) is 9.54. The van der Waals surface area contributed by atoms with Crippen molar-refractivity contribution in [2.75, 3.05) is 12.0 Å². The molecule has 4 nitrogen and oxygen atoms in total. The van der Waals surface area contributed by atoms with Crippen molar-refractivity contribution in [3.05, 3.63) is 41.5 Å². The fourth-order valence-electron chi connectivity index (χ4n) is 1.65. The molecule has 0 bridgehead atoms. The van der Waals surface area contributed by atoms with Gasteiger partial charge in [-0.2, -0.15) is 11.8 Å². The molecule has 0 aromatic heterocycles. The maximum atomic E-state index is 11.7. The van der Waals surface area contributed by atoms with Crippen molar-refractivity contribution in [2.45, 2.75) is 19.4 Å². The lowest BCUT2D eigenvalue weighted by molar-refractivity contribution is -0.141. The molecule has 0 heterocycles. The maximum absolute atomic E-state index is 11.7. The van der Waals surface area contributed by atoms with Crippen LogP contribution in [0.2, 0.25) is 0 Å². The number of nitrogens with one attached hydrogen (secondary N) is 1. The van der Waals surface area contributed by atoms with Gasteiger partial charge < -0.3 is 10.4 Å². The van der Waals surface area contributed by atoms with E-state index in [4.69, 9.17) is 5.11 Å². The van der Waals surface area contributed by atoms with Gasteiger partial charge in [-0.25, -0.2) is 4.79 Å². The standard InChI is InChI=1S/C15H19NO3S/c1-11-5-3-4-6-12(11)7-8-14(17)16-13(15(18)19)9-10-20-2/h3-8,13H,9-10H2,1-2H3,(H,16,17)(H,18,19)/b8-7+. The van der Waals surface area contributed by atoms with E-state index >= 15 is 0 Å². The van der Waals surface area contributed by atoms with Gasteiger partial charge in [0, 0.05) is 6.08 Å². The minimum atomic E-state index is -1.00. The minimum Gasteiger partial charge on any atom is -0.480 e. The van der Waals surface area contributed by atoms with Gasteiger partial charge in [-0.15, -0.1) is 0 Å². The van der Waals surface area contributed by atoms with Crippen molar-refractivity contribution >= 4 is 29.7 Å². The van der Waals surface area contributed by atoms with Crippen molar-refractivity contribution in [2.24, 2.45) is 0 Å². The Morgan fingerprint density at radius 3 is 2.70 bits per heavy atom. The zero-order chi connectivity index (χ0) is 15.0. The zero-order valence-electron chi connectivity index (χ0n) is 11.6. The van der Waals surface area contributed by atoms with Crippen LogP contribution < -0.4 is 5.32 Å². The third-order valence-electron chi connectivity index (χ3n) is 2.83. The molecule has 1 atom stereocenters. The van der Waals surface area contributed by atoms with Crippen LogP contribution in [0.15, 0.2) is 30.3 Å². The Morgan fingerprint density at radius 2 is 2.10 bits per heavy atom. The number of carboxylic acids is 1. The van der Waals surface area contributed by atoms with Crippen LogP contribution in [0.25, 0.3) is 6.08 Å². The summed E-state index contributed by atoms with van der Waals surface area (Å²) < 4.78 is 0. The van der Waals surface area contributed by atoms with Gasteiger partial charge in [0.2, 0.25) is 5.91 Å². The molecule has 0 saturated carbocycles. The maximum Gasteiger partial charge on any atom is 0.326 e. The lowest BCUT2D eigenvalue weighted by atomic mass is 10.1. The van der Waals surface area contributed by atoms with E-state index in [-0.39, 0.29) is 5.91 Å². The number of carboxylic acid groups (broad SMARTS) is 1. The van der Waals surface area contributed by atoms with Crippen LogP contribution in [-0.2, 0) is 9.59 Å². The highest BCUT2D eigenvalue weighted by atomic mass is 32.2. The molecule has 20 heavy (non-hydrogen) atoms. The first kappa shape index (κ1) is 16.3. The van der Waals surface area contributed by atoms with Gasteiger partial charge in [0.1, 0.15) is 6.04 Å². The largest absolute Gasteiger partial charge is 0.480 e. The molecule has 0 aliphatic rings. The van der Waals surface area contributed by atoms with Crippen LogP contribution >= 0.6 is 11.8 Å². The minimum absolute atomic E-state index is 0.387. The number of benzene rings is 1. The number of rotatable bonds is 7. The summed E-state index contributed by atoms with van der Waals surface area (Å²) in [7, 11) is 0. The Bertz CT molecular complexity index is 500. The van der Waals surface area contributed by atoms with Crippen LogP contribution in [-0.4, -0.2) is 35.0 Å².